The van der Waals surface area contributed by atoms with Crippen LogP contribution in [0.15, 0.2) is 24.3 Å². The Hall–Kier alpha value is -2.12. The van der Waals surface area contributed by atoms with Crippen molar-refractivity contribution in [2.75, 3.05) is 20.3 Å². The van der Waals surface area contributed by atoms with Crippen LogP contribution in [-0.4, -0.2) is 49.8 Å². The van der Waals surface area contributed by atoms with Crippen LogP contribution in [0.1, 0.15) is 25.3 Å². The van der Waals surface area contributed by atoms with Gasteiger partial charge in [-0.25, -0.2) is 4.79 Å². The van der Waals surface area contributed by atoms with Crippen molar-refractivity contribution in [3.8, 4) is 5.75 Å². The summed E-state index contributed by atoms with van der Waals surface area (Å²) < 4.78 is 20.8. The minimum absolute atomic E-state index is 0.171. The SMILES string of the molecule is COC(=O)C(C)Oc1ccccc1CC1C(=O)OCCCCOC1O. The Morgan fingerprint density at radius 1 is 1.32 bits per heavy atom. The summed E-state index contributed by atoms with van der Waals surface area (Å²) in [5, 5.41) is 10.2. The number of esters is 2. The van der Waals surface area contributed by atoms with Gasteiger partial charge in [0.1, 0.15) is 11.7 Å². The van der Waals surface area contributed by atoms with Gasteiger partial charge in [-0.05, 0) is 37.8 Å². The van der Waals surface area contributed by atoms with Gasteiger partial charge >= 0.3 is 11.9 Å². The highest BCUT2D eigenvalue weighted by atomic mass is 16.6. The molecule has 1 fully saturated rings. The predicted octanol–water partition coefficient (Wildman–Crippen LogP) is 1.46. The van der Waals surface area contributed by atoms with Crippen LogP contribution in [0, 0.1) is 5.92 Å². The highest BCUT2D eigenvalue weighted by Gasteiger charge is 2.31. The lowest BCUT2D eigenvalue weighted by Gasteiger charge is -2.22. The minimum atomic E-state index is -1.25. The summed E-state index contributed by atoms with van der Waals surface area (Å²) in [6.07, 6.45) is -0.463. The lowest BCUT2D eigenvalue weighted by molar-refractivity contribution is -0.172. The third-order valence-electron chi connectivity index (χ3n) is 3.97. The smallest absolute Gasteiger partial charge is 0.346 e. The molecule has 25 heavy (non-hydrogen) atoms. The maximum Gasteiger partial charge on any atom is 0.346 e. The summed E-state index contributed by atoms with van der Waals surface area (Å²) in [5.74, 6) is -1.43. The van der Waals surface area contributed by atoms with E-state index in [1.165, 1.54) is 7.11 Å². The summed E-state index contributed by atoms with van der Waals surface area (Å²) in [6, 6.07) is 7.02. The van der Waals surface area contributed by atoms with Crippen molar-refractivity contribution < 1.29 is 33.6 Å². The molecule has 7 nitrogen and oxygen atoms in total. The molecule has 0 spiro atoms. The van der Waals surface area contributed by atoms with Gasteiger partial charge in [0.15, 0.2) is 12.4 Å². The summed E-state index contributed by atoms with van der Waals surface area (Å²) in [6.45, 7) is 2.25. The first kappa shape index (κ1) is 19.2. The van der Waals surface area contributed by atoms with E-state index in [1.54, 1.807) is 31.2 Å². The van der Waals surface area contributed by atoms with Crippen molar-refractivity contribution in [3.63, 3.8) is 0 Å². The van der Waals surface area contributed by atoms with E-state index >= 15 is 0 Å². The monoisotopic (exact) mass is 352 g/mol. The number of para-hydroxylation sites is 1. The third-order valence-corrected chi connectivity index (χ3v) is 3.97. The molecule has 0 aliphatic carbocycles. The Kier molecular flexibility index (Phi) is 7.21. The summed E-state index contributed by atoms with van der Waals surface area (Å²) >= 11 is 0. The molecule has 1 aromatic rings. The zero-order valence-corrected chi connectivity index (χ0v) is 14.5. The highest BCUT2D eigenvalue weighted by molar-refractivity contribution is 5.75. The number of rotatable bonds is 5. The molecule has 1 heterocycles. The molecule has 3 atom stereocenters. The molecule has 7 heteroatoms. The molecule has 1 N–H and O–H groups in total. The number of aliphatic hydroxyl groups excluding tert-OH is 1. The standard InChI is InChI=1S/C18H24O7/c1-12(16(19)22-2)25-15-8-4-3-7-13(15)11-14-17(20)23-9-5-6-10-24-18(14)21/h3-4,7-8,12,14,17,20H,5-6,9-11H2,1-2H3. The number of hydrogen-bond acceptors (Lipinski definition) is 7. The lowest BCUT2D eigenvalue weighted by atomic mass is 9.98. The van der Waals surface area contributed by atoms with Gasteiger partial charge in [-0.1, -0.05) is 18.2 Å². The van der Waals surface area contributed by atoms with Crippen molar-refractivity contribution in [1.29, 1.82) is 0 Å². The summed E-state index contributed by atoms with van der Waals surface area (Å²) in [7, 11) is 1.29. The molecule has 1 saturated heterocycles. The first-order valence-electron chi connectivity index (χ1n) is 8.31. The van der Waals surface area contributed by atoms with Gasteiger partial charge in [0, 0.05) is 6.61 Å². The van der Waals surface area contributed by atoms with E-state index in [-0.39, 0.29) is 6.42 Å². The Morgan fingerprint density at radius 2 is 2.04 bits per heavy atom. The molecule has 0 bridgehead atoms. The molecular weight excluding hydrogens is 328 g/mol. The Bertz CT molecular complexity index is 587. The van der Waals surface area contributed by atoms with E-state index < -0.39 is 30.3 Å². The molecule has 3 unspecified atom stereocenters. The van der Waals surface area contributed by atoms with Crippen LogP contribution in [0.25, 0.3) is 0 Å². The van der Waals surface area contributed by atoms with Gasteiger partial charge in [0.25, 0.3) is 0 Å². The van der Waals surface area contributed by atoms with Gasteiger partial charge in [-0.2, -0.15) is 0 Å². The van der Waals surface area contributed by atoms with Crippen LogP contribution >= 0.6 is 0 Å². The molecule has 0 aromatic heterocycles. The van der Waals surface area contributed by atoms with E-state index in [0.29, 0.717) is 37.4 Å². The molecule has 1 aromatic carbocycles. The second-order valence-electron chi connectivity index (χ2n) is 5.84. The predicted molar refractivity (Wildman–Crippen MR) is 87.9 cm³/mol. The van der Waals surface area contributed by atoms with E-state index in [4.69, 9.17) is 14.2 Å². The normalized spacial score (nSPS) is 22.8. The number of hydrogen-bond donors (Lipinski definition) is 1. The number of aliphatic hydroxyl groups is 1. The second-order valence-corrected chi connectivity index (χ2v) is 5.84. The highest BCUT2D eigenvalue weighted by Crippen LogP contribution is 2.25. The van der Waals surface area contributed by atoms with Crippen molar-refractivity contribution in [3.05, 3.63) is 29.8 Å². The van der Waals surface area contributed by atoms with Crippen LogP contribution in [0.4, 0.5) is 0 Å². The first-order chi connectivity index (χ1) is 12.0. The average Bonchev–Trinajstić information content (AvgIpc) is 2.68. The van der Waals surface area contributed by atoms with Crippen molar-refractivity contribution >= 4 is 11.9 Å². The zero-order valence-electron chi connectivity index (χ0n) is 14.5. The number of benzene rings is 1. The molecule has 1 aliphatic heterocycles. The van der Waals surface area contributed by atoms with E-state index in [2.05, 4.69) is 4.74 Å². The zero-order chi connectivity index (χ0) is 18.2. The maximum absolute atomic E-state index is 12.2. The van der Waals surface area contributed by atoms with Gasteiger partial charge in [0.2, 0.25) is 0 Å². The minimum Gasteiger partial charge on any atom is -0.479 e. The van der Waals surface area contributed by atoms with Crippen LogP contribution in [0.2, 0.25) is 0 Å². The van der Waals surface area contributed by atoms with E-state index in [9.17, 15) is 14.7 Å². The molecule has 1 aliphatic rings. The number of carbonyl (C=O) groups is 2. The fourth-order valence-corrected chi connectivity index (χ4v) is 2.53. The van der Waals surface area contributed by atoms with Crippen LogP contribution in [-0.2, 0) is 30.2 Å². The van der Waals surface area contributed by atoms with E-state index in [0.717, 1.165) is 0 Å². The number of methoxy groups -OCH3 is 1. The third kappa shape index (κ3) is 5.44. The number of cyclic esters (lactones) is 1. The Labute approximate surface area is 146 Å². The quantitative estimate of drug-likeness (QED) is 0.802. The number of ether oxygens (including phenoxy) is 4. The Morgan fingerprint density at radius 3 is 2.80 bits per heavy atom. The molecule has 0 saturated carbocycles. The van der Waals surface area contributed by atoms with Crippen molar-refractivity contribution in [2.45, 2.75) is 38.6 Å². The van der Waals surface area contributed by atoms with E-state index in [1.807, 2.05) is 0 Å². The first-order valence-corrected chi connectivity index (χ1v) is 8.31. The van der Waals surface area contributed by atoms with Crippen molar-refractivity contribution in [2.24, 2.45) is 5.92 Å². The summed E-state index contributed by atoms with van der Waals surface area (Å²) in [4.78, 5) is 23.8. The topological polar surface area (TPSA) is 91.3 Å². The van der Waals surface area contributed by atoms with Crippen LogP contribution in [0.3, 0.4) is 0 Å². The average molecular weight is 352 g/mol. The van der Waals surface area contributed by atoms with Gasteiger partial charge in [-0.15, -0.1) is 0 Å². The molecule has 0 amide bonds. The lowest BCUT2D eigenvalue weighted by Crippen LogP contribution is -2.33. The van der Waals surface area contributed by atoms with Crippen molar-refractivity contribution in [1.82, 2.24) is 0 Å². The van der Waals surface area contributed by atoms with Crippen LogP contribution < -0.4 is 4.74 Å². The number of carbonyl (C=O) groups excluding carboxylic acids is 2. The maximum atomic E-state index is 12.2. The fraction of sp³-hybridized carbons (Fsp3) is 0.556. The van der Waals surface area contributed by atoms with Gasteiger partial charge in [-0.3, -0.25) is 4.79 Å². The molecular formula is C18H24O7. The molecule has 0 radical (unpaired) electrons. The second kappa shape index (κ2) is 9.39. The van der Waals surface area contributed by atoms with Gasteiger partial charge < -0.3 is 24.1 Å². The Balaban J connectivity index is 2.16. The molecule has 2 rings (SSSR count). The largest absolute Gasteiger partial charge is 0.479 e. The van der Waals surface area contributed by atoms with Crippen LogP contribution in [0.5, 0.6) is 5.75 Å². The molecule has 138 valence electrons. The van der Waals surface area contributed by atoms with Gasteiger partial charge in [0.05, 0.1) is 13.7 Å². The summed E-state index contributed by atoms with van der Waals surface area (Å²) in [5.41, 5.74) is 0.669. The fourth-order valence-electron chi connectivity index (χ4n) is 2.53.